The minimum Gasteiger partial charge on any atom is -0.379 e. The Labute approximate surface area is 160 Å². The fraction of sp³-hybridized carbons (Fsp3) is 0.333. The first-order chi connectivity index (χ1) is 13.5. The quantitative estimate of drug-likeness (QED) is 0.582. The minimum absolute atomic E-state index is 0.0267. The van der Waals surface area contributed by atoms with Crippen molar-refractivity contribution in [3.8, 4) is 0 Å². The van der Waals surface area contributed by atoms with Crippen LogP contribution in [0.5, 0.6) is 0 Å². The first-order valence-corrected chi connectivity index (χ1v) is 8.90. The molecule has 3 heterocycles. The number of carbonyl (C=O) groups excluding carboxylic acids is 1. The number of pyridine rings is 1. The van der Waals surface area contributed by atoms with Crippen molar-refractivity contribution in [2.75, 3.05) is 24.8 Å². The second-order valence-corrected chi connectivity index (χ2v) is 6.61. The van der Waals surface area contributed by atoms with Crippen LogP contribution in [0.15, 0.2) is 35.4 Å². The van der Waals surface area contributed by atoms with Gasteiger partial charge in [0.25, 0.3) is 11.5 Å². The van der Waals surface area contributed by atoms with Crippen LogP contribution in [0.4, 0.5) is 17.3 Å². The molecule has 4 rings (SSSR count). The molecule has 10 heteroatoms. The molecule has 3 aromatic rings. The summed E-state index contributed by atoms with van der Waals surface area (Å²) in [4.78, 5) is 29.0. The third kappa shape index (κ3) is 2.87. The van der Waals surface area contributed by atoms with Gasteiger partial charge in [-0.1, -0.05) is 0 Å². The van der Waals surface area contributed by atoms with Crippen molar-refractivity contribution in [2.45, 2.75) is 25.0 Å². The fourth-order valence-electron chi connectivity index (χ4n) is 3.43. The highest BCUT2D eigenvalue weighted by Crippen LogP contribution is 2.33. The van der Waals surface area contributed by atoms with Gasteiger partial charge in [0.15, 0.2) is 5.65 Å². The standard InChI is InChI=1S/C18H21N7O3/c1-20-15-8-14(23-17-10(16(19)26)9-21-25(15)17)22-11-4-3-7-24(18(11)27)12-5-6-13(12)28-2/h3-4,7-9,12-13,20H,5-6H2,1-2H3,(H2,19,26)(H,22,23)/t12?,13-/m1/s1. The molecule has 146 valence electrons. The third-order valence-electron chi connectivity index (χ3n) is 5.07. The number of anilines is 3. The molecule has 0 saturated heterocycles. The van der Waals surface area contributed by atoms with Gasteiger partial charge in [-0.3, -0.25) is 9.59 Å². The molecule has 0 aromatic carbocycles. The second-order valence-electron chi connectivity index (χ2n) is 6.61. The zero-order chi connectivity index (χ0) is 19.8. The maximum atomic E-state index is 12.9. The summed E-state index contributed by atoms with van der Waals surface area (Å²) in [6.07, 6.45) is 5.01. The molecule has 1 unspecified atom stereocenters. The van der Waals surface area contributed by atoms with E-state index in [1.165, 1.54) is 10.7 Å². The Hall–Kier alpha value is -3.40. The molecule has 1 aliphatic rings. The van der Waals surface area contributed by atoms with Crippen molar-refractivity contribution in [3.63, 3.8) is 0 Å². The number of carbonyl (C=O) groups is 1. The smallest absolute Gasteiger partial charge is 0.274 e. The van der Waals surface area contributed by atoms with Gasteiger partial charge in [-0.25, -0.2) is 4.98 Å². The van der Waals surface area contributed by atoms with Gasteiger partial charge in [-0.15, -0.1) is 0 Å². The largest absolute Gasteiger partial charge is 0.379 e. The predicted molar refractivity (Wildman–Crippen MR) is 104 cm³/mol. The molecule has 0 spiro atoms. The number of primary amides is 1. The van der Waals surface area contributed by atoms with E-state index in [0.717, 1.165) is 12.8 Å². The lowest BCUT2D eigenvalue weighted by molar-refractivity contribution is -0.0103. The fourth-order valence-corrected chi connectivity index (χ4v) is 3.43. The molecule has 2 atom stereocenters. The number of hydrogen-bond donors (Lipinski definition) is 3. The van der Waals surface area contributed by atoms with E-state index >= 15 is 0 Å². The Bertz CT molecular complexity index is 1100. The van der Waals surface area contributed by atoms with Gasteiger partial charge < -0.3 is 25.7 Å². The van der Waals surface area contributed by atoms with E-state index in [9.17, 15) is 9.59 Å². The second kappa shape index (κ2) is 6.97. The van der Waals surface area contributed by atoms with Crippen molar-refractivity contribution < 1.29 is 9.53 Å². The van der Waals surface area contributed by atoms with E-state index in [1.54, 1.807) is 43.1 Å². The molecule has 1 amide bonds. The Morgan fingerprint density at radius 2 is 2.21 bits per heavy atom. The van der Waals surface area contributed by atoms with E-state index in [4.69, 9.17) is 10.5 Å². The average molecular weight is 383 g/mol. The molecular formula is C18H21N7O3. The zero-order valence-corrected chi connectivity index (χ0v) is 15.5. The van der Waals surface area contributed by atoms with Crippen LogP contribution in [0.3, 0.4) is 0 Å². The number of hydrogen-bond acceptors (Lipinski definition) is 7. The number of amides is 1. The number of ether oxygens (including phenoxy) is 1. The summed E-state index contributed by atoms with van der Waals surface area (Å²) in [7, 11) is 3.38. The summed E-state index contributed by atoms with van der Waals surface area (Å²) >= 11 is 0. The number of fused-ring (bicyclic) bond motifs is 1. The molecular weight excluding hydrogens is 362 g/mol. The Morgan fingerprint density at radius 1 is 1.39 bits per heavy atom. The summed E-state index contributed by atoms with van der Waals surface area (Å²) in [5, 5.41) is 10.2. The normalized spacial score (nSPS) is 18.6. The molecule has 1 aliphatic carbocycles. The lowest BCUT2D eigenvalue weighted by Crippen LogP contribution is -2.40. The van der Waals surface area contributed by atoms with Crippen molar-refractivity contribution >= 4 is 28.9 Å². The molecule has 0 bridgehead atoms. The Kier molecular flexibility index (Phi) is 4.47. The van der Waals surface area contributed by atoms with Crippen molar-refractivity contribution in [2.24, 2.45) is 5.73 Å². The van der Waals surface area contributed by atoms with E-state index in [0.29, 0.717) is 23.0 Å². The lowest BCUT2D eigenvalue weighted by Gasteiger charge is -2.36. The van der Waals surface area contributed by atoms with E-state index in [1.807, 2.05) is 0 Å². The first kappa shape index (κ1) is 18.0. The SMILES string of the molecule is CNc1cc(Nc2cccn(C3CC[C@H]3OC)c2=O)nc2c(C(N)=O)cnn12. The van der Waals surface area contributed by atoms with Crippen molar-refractivity contribution in [1.29, 1.82) is 0 Å². The van der Waals surface area contributed by atoms with Crippen LogP contribution in [0.25, 0.3) is 5.65 Å². The van der Waals surface area contributed by atoms with E-state index in [2.05, 4.69) is 20.7 Å². The molecule has 28 heavy (non-hydrogen) atoms. The van der Waals surface area contributed by atoms with Crippen LogP contribution in [0.2, 0.25) is 0 Å². The van der Waals surface area contributed by atoms with E-state index in [-0.39, 0.29) is 23.3 Å². The van der Waals surface area contributed by atoms with Gasteiger partial charge in [-0.05, 0) is 25.0 Å². The highest BCUT2D eigenvalue weighted by molar-refractivity contribution is 5.98. The summed E-state index contributed by atoms with van der Waals surface area (Å²) in [6.45, 7) is 0. The molecule has 10 nitrogen and oxygen atoms in total. The third-order valence-corrected chi connectivity index (χ3v) is 5.07. The number of nitrogens with zero attached hydrogens (tertiary/aromatic N) is 4. The lowest BCUT2D eigenvalue weighted by atomic mass is 9.88. The van der Waals surface area contributed by atoms with Gasteiger partial charge in [0.05, 0.1) is 18.3 Å². The molecule has 3 aromatic heterocycles. The topological polar surface area (TPSA) is 129 Å². The van der Waals surface area contributed by atoms with Gasteiger partial charge in [0.2, 0.25) is 0 Å². The predicted octanol–water partition coefficient (Wildman–Crippen LogP) is 1.13. The summed E-state index contributed by atoms with van der Waals surface area (Å²) in [5.41, 5.74) is 6.12. The average Bonchev–Trinajstić information content (AvgIpc) is 3.08. The first-order valence-electron chi connectivity index (χ1n) is 8.90. The molecule has 4 N–H and O–H groups in total. The highest BCUT2D eigenvalue weighted by Gasteiger charge is 2.33. The van der Waals surface area contributed by atoms with Crippen molar-refractivity contribution in [3.05, 3.63) is 46.5 Å². The number of nitrogens with two attached hydrogens (primary N) is 1. The number of rotatable bonds is 6. The number of nitrogens with one attached hydrogen (secondary N) is 2. The highest BCUT2D eigenvalue weighted by atomic mass is 16.5. The summed E-state index contributed by atoms with van der Waals surface area (Å²) in [6, 6.07) is 5.22. The number of methoxy groups -OCH3 is 1. The van der Waals surface area contributed by atoms with Crippen LogP contribution in [0, 0.1) is 0 Å². The van der Waals surface area contributed by atoms with Gasteiger partial charge in [0.1, 0.15) is 22.9 Å². The molecule has 1 saturated carbocycles. The molecule has 0 aliphatic heterocycles. The van der Waals surface area contributed by atoms with Crippen LogP contribution in [0.1, 0.15) is 29.2 Å². The number of aromatic nitrogens is 4. The van der Waals surface area contributed by atoms with Gasteiger partial charge in [-0.2, -0.15) is 9.61 Å². The van der Waals surface area contributed by atoms with Crippen LogP contribution < -0.4 is 21.9 Å². The van der Waals surface area contributed by atoms with E-state index < -0.39 is 5.91 Å². The van der Waals surface area contributed by atoms with Crippen molar-refractivity contribution in [1.82, 2.24) is 19.2 Å². The van der Waals surface area contributed by atoms with Crippen LogP contribution >= 0.6 is 0 Å². The monoisotopic (exact) mass is 383 g/mol. The maximum Gasteiger partial charge on any atom is 0.274 e. The Morgan fingerprint density at radius 3 is 2.86 bits per heavy atom. The van der Waals surface area contributed by atoms with Crippen LogP contribution in [-0.2, 0) is 4.74 Å². The Balaban J connectivity index is 1.73. The van der Waals surface area contributed by atoms with Gasteiger partial charge >= 0.3 is 0 Å². The summed E-state index contributed by atoms with van der Waals surface area (Å²) in [5.74, 6) is 0.362. The maximum absolute atomic E-state index is 12.9. The molecule has 0 radical (unpaired) electrons. The molecule has 1 fully saturated rings. The van der Waals surface area contributed by atoms with Crippen LogP contribution in [-0.4, -0.2) is 45.3 Å². The zero-order valence-electron chi connectivity index (χ0n) is 15.5. The summed E-state index contributed by atoms with van der Waals surface area (Å²) < 4.78 is 8.58. The van der Waals surface area contributed by atoms with Gasteiger partial charge in [0, 0.05) is 26.4 Å². The minimum atomic E-state index is -0.626.